The summed E-state index contributed by atoms with van der Waals surface area (Å²) in [6.07, 6.45) is 5.77. The van der Waals surface area contributed by atoms with Gasteiger partial charge in [-0.2, -0.15) is 0 Å². The molecule has 3 heteroatoms. The number of hydrogen-bond acceptors (Lipinski definition) is 0. The van der Waals surface area contributed by atoms with E-state index in [0.717, 1.165) is 25.7 Å². The molecule has 1 fully saturated rings. The van der Waals surface area contributed by atoms with Crippen molar-refractivity contribution in [3.8, 4) is 0 Å². The molecule has 2 rings (SSSR count). The summed E-state index contributed by atoms with van der Waals surface area (Å²) in [5.74, 6) is -0.836. The molecule has 1 aromatic carbocycles. The van der Waals surface area contributed by atoms with Gasteiger partial charge in [-0.05, 0) is 55.2 Å². The van der Waals surface area contributed by atoms with Crippen LogP contribution in [0.2, 0.25) is 0 Å². The summed E-state index contributed by atoms with van der Waals surface area (Å²) in [4.78, 5) is 0. The van der Waals surface area contributed by atoms with Crippen molar-refractivity contribution in [2.75, 3.05) is 0 Å². The Morgan fingerprint density at radius 1 is 1.11 bits per heavy atom. The highest BCUT2D eigenvalue weighted by Gasteiger charge is 2.22. The summed E-state index contributed by atoms with van der Waals surface area (Å²) in [6, 6.07) is 2.58. The fourth-order valence-corrected chi connectivity index (χ4v) is 2.67. The molecule has 18 heavy (non-hydrogen) atoms. The second kappa shape index (κ2) is 5.59. The summed E-state index contributed by atoms with van der Waals surface area (Å²) in [6.45, 7) is 2.68. The third-order valence-electron chi connectivity index (χ3n) is 3.87. The molecule has 0 spiro atoms. The minimum atomic E-state index is -1.10. The molecular formula is C15H17F3. The van der Waals surface area contributed by atoms with Gasteiger partial charge in [-0.25, -0.2) is 13.2 Å². The molecule has 1 saturated carbocycles. The van der Waals surface area contributed by atoms with Gasteiger partial charge < -0.3 is 0 Å². The van der Waals surface area contributed by atoms with Gasteiger partial charge in [-0.1, -0.05) is 6.08 Å². The first-order chi connectivity index (χ1) is 8.65. The zero-order valence-electron chi connectivity index (χ0n) is 10.3. The molecule has 0 aliphatic heterocycles. The van der Waals surface area contributed by atoms with E-state index in [4.69, 9.17) is 0 Å². The minimum absolute atomic E-state index is 0.180. The fourth-order valence-electron chi connectivity index (χ4n) is 2.67. The van der Waals surface area contributed by atoms with Gasteiger partial charge in [0.2, 0.25) is 0 Å². The van der Waals surface area contributed by atoms with Crippen LogP contribution in [-0.4, -0.2) is 0 Å². The van der Waals surface area contributed by atoms with Crippen LogP contribution in [0.25, 0.3) is 0 Å². The van der Waals surface area contributed by atoms with Crippen LogP contribution in [0.1, 0.15) is 42.7 Å². The maximum Gasteiger partial charge on any atom is 0.132 e. The van der Waals surface area contributed by atoms with Crippen LogP contribution in [0.15, 0.2) is 24.8 Å². The normalized spacial score (nSPS) is 23.9. The molecule has 0 nitrogen and oxygen atoms in total. The van der Waals surface area contributed by atoms with Gasteiger partial charge in [-0.3, -0.25) is 0 Å². The van der Waals surface area contributed by atoms with Crippen molar-refractivity contribution in [2.45, 2.75) is 38.3 Å². The number of halogens is 3. The maximum absolute atomic E-state index is 13.5. The van der Waals surface area contributed by atoms with E-state index in [1.807, 2.05) is 6.08 Å². The van der Waals surface area contributed by atoms with E-state index < -0.39 is 23.9 Å². The van der Waals surface area contributed by atoms with E-state index >= 15 is 0 Å². The fraction of sp³-hybridized carbons (Fsp3) is 0.467. The minimum Gasteiger partial charge on any atom is -0.246 e. The van der Waals surface area contributed by atoms with Crippen molar-refractivity contribution in [3.05, 3.63) is 47.5 Å². The lowest BCUT2D eigenvalue weighted by Gasteiger charge is -2.27. The van der Waals surface area contributed by atoms with Gasteiger partial charge >= 0.3 is 0 Å². The average molecular weight is 254 g/mol. The number of alkyl halides is 1. The SMILES string of the molecule is C=CC1CCC(c2cc(F)c(CF)c(F)c2)CC1. The summed E-state index contributed by atoms with van der Waals surface area (Å²) in [7, 11) is 0. The Balaban J connectivity index is 2.17. The third kappa shape index (κ3) is 2.60. The number of hydrogen-bond donors (Lipinski definition) is 0. The van der Waals surface area contributed by atoms with Crippen molar-refractivity contribution >= 4 is 0 Å². The first-order valence-electron chi connectivity index (χ1n) is 6.32. The van der Waals surface area contributed by atoms with Crippen LogP contribution < -0.4 is 0 Å². The highest BCUT2D eigenvalue weighted by Crippen LogP contribution is 2.37. The van der Waals surface area contributed by atoms with Gasteiger partial charge in [0.25, 0.3) is 0 Å². The molecule has 1 aromatic rings. The van der Waals surface area contributed by atoms with E-state index in [-0.39, 0.29) is 5.92 Å². The Morgan fingerprint density at radius 3 is 2.11 bits per heavy atom. The number of allylic oxidation sites excluding steroid dienone is 1. The average Bonchev–Trinajstić information content (AvgIpc) is 2.38. The molecule has 0 radical (unpaired) electrons. The highest BCUT2D eigenvalue weighted by molar-refractivity contribution is 5.28. The maximum atomic E-state index is 13.5. The molecule has 0 atom stereocenters. The first kappa shape index (κ1) is 13.2. The van der Waals surface area contributed by atoms with Crippen molar-refractivity contribution in [3.63, 3.8) is 0 Å². The Kier molecular flexibility index (Phi) is 4.10. The van der Waals surface area contributed by atoms with Gasteiger partial charge in [0, 0.05) is 0 Å². The standard InChI is InChI=1S/C15H17F3/c1-2-10-3-5-11(6-4-10)12-7-14(17)13(9-16)15(18)8-12/h2,7-8,10-11H,1,3-6,9H2. The predicted octanol–water partition coefficient (Wildman–Crippen LogP) is 4.89. The molecule has 0 unspecified atom stereocenters. The van der Waals surface area contributed by atoms with Crippen LogP contribution in [0.4, 0.5) is 13.2 Å². The predicted molar refractivity (Wildman–Crippen MR) is 66.1 cm³/mol. The summed E-state index contributed by atoms with van der Waals surface area (Å²) in [5.41, 5.74) is 0.197. The Morgan fingerprint density at radius 2 is 1.67 bits per heavy atom. The largest absolute Gasteiger partial charge is 0.246 e. The van der Waals surface area contributed by atoms with Crippen LogP contribution >= 0.6 is 0 Å². The van der Waals surface area contributed by atoms with Crippen LogP contribution in [0, 0.1) is 17.6 Å². The Labute approximate surface area is 106 Å². The zero-order valence-corrected chi connectivity index (χ0v) is 10.3. The molecule has 0 heterocycles. The third-order valence-corrected chi connectivity index (χ3v) is 3.87. The lowest BCUT2D eigenvalue weighted by atomic mass is 9.78. The molecule has 0 saturated heterocycles. The summed E-state index contributed by atoms with van der Waals surface area (Å²) >= 11 is 0. The Bertz CT molecular complexity index is 408. The first-order valence-corrected chi connectivity index (χ1v) is 6.32. The van der Waals surface area contributed by atoms with E-state index in [1.54, 1.807) is 0 Å². The summed E-state index contributed by atoms with van der Waals surface area (Å²) < 4.78 is 39.5. The highest BCUT2D eigenvalue weighted by atomic mass is 19.1. The quantitative estimate of drug-likeness (QED) is 0.673. The molecule has 98 valence electrons. The number of benzene rings is 1. The van der Waals surface area contributed by atoms with Crippen LogP contribution in [0.3, 0.4) is 0 Å². The zero-order chi connectivity index (χ0) is 13.1. The Hall–Kier alpha value is -1.25. The smallest absolute Gasteiger partial charge is 0.132 e. The summed E-state index contributed by atoms with van der Waals surface area (Å²) in [5, 5.41) is 0. The molecular weight excluding hydrogens is 237 g/mol. The lowest BCUT2D eigenvalue weighted by molar-refractivity contribution is 0.373. The molecule has 1 aliphatic rings. The van der Waals surface area contributed by atoms with Gasteiger partial charge in [0.1, 0.15) is 18.3 Å². The second-order valence-corrected chi connectivity index (χ2v) is 4.94. The van der Waals surface area contributed by atoms with Gasteiger partial charge in [0.05, 0.1) is 5.56 Å². The van der Waals surface area contributed by atoms with Crippen molar-refractivity contribution in [2.24, 2.45) is 5.92 Å². The number of rotatable bonds is 3. The van der Waals surface area contributed by atoms with E-state index in [0.29, 0.717) is 11.5 Å². The lowest BCUT2D eigenvalue weighted by Crippen LogP contribution is -2.12. The van der Waals surface area contributed by atoms with E-state index in [1.165, 1.54) is 12.1 Å². The molecule has 0 amide bonds. The molecule has 0 bridgehead atoms. The van der Waals surface area contributed by atoms with Crippen molar-refractivity contribution in [1.29, 1.82) is 0 Å². The van der Waals surface area contributed by atoms with Gasteiger partial charge in [-0.15, -0.1) is 6.58 Å². The van der Waals surface area contributed by atoms with E-state index in [2.05, 4.69) is 6.58 Å². The second-order valence-electron chi connectivity index (χ2n) is 4.94. The van der Waals surface area contributed by atoms with Gasteiger partial charge in [0.15, 0.2) is 0 Å². The van der Waals surface area contributed by atoms with Crippen LogP contribution in [-0.2, 0) is 6.67 Å². The molecule has 1 aliphatic carbocycles. The molecule has 0 aromatic heterocycles. The molecule has 0 N–H and O–H groups in total. The van der Waals surface area contributed by atoms with Crippen molar-refractivity contribution in [1.82, 2.24) is 0 Å². The van der Waals surface area contributed by atoms with Crippen molar-refractivity contribution < 1.29 is 13.2 Å². The monoisotopic (exact) mass is 254 g/mol. The van der Waals surface area contributed by atoms with E-state index in [9.17, 15) is 13.2 Å². The van der Waals surface area contributed by atoms with Crippen LogP contribution in [0.5, 0.6) is 0 Å². The topological polar surface area (TPSA) is 0 Å².